The second-order valence-electron chi connectivity index (χ2n) is 2.74. The Morgan fingerprint density at radius 3 is 2.53 bits per heavy atom. The summed E-state index contributed by atoms with van der Waals surface area (Å²) in [7, 11) is 0. The van der Waals surface area contributed by atoms with Gasteiger partial charge in [0.25, 0.3) is 0 Å². The molecule has 1 aromatic heterocycles. The summed E-state index contributed by atoms with van der Waals surface area (Å²) >= 11 is 5.55. The molecule has 0 radical (unpaired) electrons. The van der Waals surface area contributed by atoms with Gasteiger partial charge in [-0.15, -0.1) is 0 Å². The van der Waals surface area contributed by atoms with Gasteiger partial charge in [0.05, 0.1) is 10.6 Å². The number of rotatable bonds is 1. The van der Waals surface area contributed by atoms with Crippen molar-refractivity contribution in [3.8, 4) is 0 Å². The number of hydrogen-bond acceptors (Lipinski definition) is 3. The van der Waals surface area contributed by atoms with Gasteiger partial charge in [0.15, 0.2) is 0 Å². The molecule has 0 aliphatic rings. The minimum absolute atomic E-state index is 0.0205. The first-order valence-corrected chi connectivity index (χ1v) is 4.16. The molecule has 0 unspecified atom stereocenters. The van der Waals surface area contributed by atoms with E-state index < -0.39 is 11.7 Å². The Morgan fingerprint density at radius 1 is 1.53 bits per heavy atom. The number of pyridine rings is 1. The maximum Gasteiger partial charge on any atom is 0.417 e. The highest BCUT2D eigenvalue weighted by atomic mass is 35.5. The molecule has 0 aromatic carbocycles. The molecule has 1 aromatic rings. The molecule has 3 nitrogen and oxygen atoms in total. The highest BCUT2D eigenvalue weighted by molar-refractivity contribution is 6.33. The van der Waals surface area contributed by atoms with Gasteiger partial charge in [0.2, 0.25) is 0 Å². The summed E-state index contributed by atoms with van der Waals surface area (Å²) in [5.41, 5.74) is -0.872. The second kappa shape index (κ2) is 4.06. The molecule has 82 valence electrons. The Bertz CT molecular complexity index is 403. The van der Waals surface area contributed by atoms with Crippen molar-refractivity contribution in [1.29, 1.82) is 0 Å². The van der Waals surface area contributed by atoms with E-state index in [-0.39, 0.29) is 16.4 Å². The number of alkyl halides is 3. The van der Waals surface area contributed by atoms with Crippen LogP contribution < -0.4 is 0 Å². The van der Waals surface area contributed by atoms with Gasteiger partial charge in [-0.25, -0.2) is 0 Å². The SMILES string of the molecule is C/C(=N\O)c1ncc(C(F)(F)F)cc1Cl. The Labute approximate surface area is 88.2 Å². The van der Waals surface area contributed by atoms with E-state index in [1.807, 2.05) is 0 Å². The molecule has 0 spiro atoms. The van der Waals surface area contributed by atoms with E-state index in [1.165, 1.54) is 6.92 Å². The van der Waals surface area contributed by atoms with Gasteiger partial charge >= 0.3 is 6.18 Å². The molecule has 0 aliphatic carbocycles. The third-order valence-corrected chi connectivity index (χ3v) is 1.95. The van der Waals surface area contributed by atoms with Gasteiger partial charge in [-0.2, -0.15) is 13.2 Å². The van der Waals surface area contributed by atoms with Crippen molar-refractivity contribution in [3.05, 3.63) is 28.5 Å². The molecule has 1 heterocycles. The van der Waals surface area contributed by atoms with Crippen LogP contribution in [0.2, 0.25) is 5.02 Å². The number of nitrogens with zero attached hydrogens (tertiary/aromatic N) is 2. The summed E-state index contributed by atoms with van der Waals surface area (Å²) in [6.07, 6.45) is -3.85. The summed E-state index contributed by atoms with van der Waals surface area (Å²) in [6, 6.07) is 0.735. The molecule has 1 rings (SSSR count). The van der Waals surface area contributed by atoms with Crippen LogP contribution in [0, 0.1) is 0 Å². The average molecular weight is 239 g/mol. The lowest BCUT2D eigenvalue weighted by Crippen LogP contribution is -2.08. The average Bonchev–Trinajstić information content (AvgIpc) is 2.15. The topological polar surface area (TPSA) is 45.5 Å². The van der Waals surface area contributed by atoms with Crippen LogP contribution in [-0.2, 0) is 6.18 Å². The normalized spacial score (nSPS) is 13.0. The molecule has 0 saturated carbocycles. The molecule has 0 saturated heterocycles. The molecule has 1 N–H and O–H groups in total. The van der Waals surface area contributed by atoms with Crippen molar-refractivity contribution in [3.63, 3.8) is 0 Å². The Morgan fingerprint density at radius 2 is 2.13 bits per heavy atom. The van der Waals surface area contributed by atoms with Crippen molar-refractivity contribution >= 4 is 17.3 Å². The molecular formula is C8H6ClF3N2O. The van der Waals surface area contributed by atoms with Crippen LogP contribution >= 0.6 is 11.6 Å². The van der Waals surface area contributed by atoms with E-state index in [4.69, 9.17) is 16.8 Å². The first-order chi connectivity index (χ1) is 6.86. The Kier molecular flexibility index (Phi) is 3.18. The predicted molar refractivity (Wildman–Crippen MR) is 48.2 cm³/mol. The maximum absolute atomic E-state index is 12.2. The largest absolute Gasteiger partial charge is 0.417 e. The monoisotopic (exact) mass is 238 g/mol. The third kappa shape index (κ3) is 2.59. The second-order valence-corrected chi connectivity index (χ2v) is 3.14. The lowest BCUT2D eigenvalue weighted by molar-refractivity contribution is -0.137. The van der Waals surface area contributed by atoms with Gasteiger partial charge in [-0.3, -0.25) is 4.98 Å². The zero-order chi connectivity index (χ0) is 11.6. The third-order valence-electron chi connectivity index (χ3n) is 1.66. The summed E-state index contributed by atoms with van der Waals surface area (Å²) in [5, 5.41) is 11.0. The van der Waals surface area contributed by atoms with Gasteiger partial charge in [-0.05, 0) is 13.0 Å². The van der Waals surface area contributed by atoms with Crippen molar-refractivity contribution in [1.82, 2.24) is 4.98 Å². The highest BCUT2D eigenvalue weighted by Gasteiger charge is 2.31. The van der Waals surface area contributed by atoms with Crippen molar-refractivity contribution < 1.29 is 18.4 Å². The van der Waals surface area contributed by atoms with E-state index >= 15 is 0 Å². The van der Waals surface area contributed by atoms with Gasteiger partial charge in [0.1, 0.15) is 11.4 Å². The summed E-state index contributed by atoms with van der Waals surface area (Å²) in [5.74, 6) is 0. The van der Waals surface area contributed by atoms with E-state index in [9.17, 15) is 13.2 Å². The molecule has 0 aliphatic heterocycles. The fourth-order valence-corrected chi connectivity index (χ4v) is 1.21. The number of aromatic nitrogens is 1. The molecule has 0 bridgehead atoms. The van der Waals surface area contributed by atoms with Crippen LogP contribution in [0.25, 0.3) is 0 Å². The number of oxime groups is 1. The molecule has 0 atom stereocenters. The lowest BCUT2D eigenvalue weighted by Gasteiger charge is -2.08. The Hall–Kier alpha value is -1.30. The molecule has 15 heavy (non-hydrogen) atoms. The zero-order valence-electron chi connectivity index (χ0n) is 7.51. The number of halogens is 4. The quantitative estimate of drug-likeness (QED) is 0.464. The summed E-state index contributed by atoms with van der Waals surface area (Å²) in [6.45, 7) is 1.38. The molecule has 7 heteroatoms. The summed E-state index contributed by atoms with van der Waals surface area (Å²) in [4.78, 5) is 3.47. The highest BCUT2D eigenvalue weighted by Crippen LogP contribution is 2.31. The van der Waals surface area contributed by atoms with Gasteiger partial charge < -0.3 is 5.21 Å². The fourth-order valence-electron chi connectivity index (χ4n) is 0.907. The first kappa shape index (κ1) is 11.8. The van der Waals surface area contributed by atoms with E-state index in [2.05, 4.69) is 10.1 Å². The fraction of sp³-hybridized carbons (Fsp3) is 0.250. The standard InChI is InChI=1S/C8H6ClF3N2O/c1-4(14-15)7-6(9)2-5(3-13-7)8(10,11)12/h2-3,15H,1H3/b14-4+. The minimum Gasteiger partial charge on any atom is -0.411 e. The summed E-state index contributed by atoms with van der Waals surface area (Å²) < 4.78 is 36.6. The van der Waals surface area contributed by atoms with Crippen LogP contribution in [0.5, 0.6) is 0 Å². The molecule has 0 amide bonds. The van der Waals surface area contributed by atoms with Crippen molar-refractivity contribution in [2.24, 2.45) is 5.16 Å². The van der Waals surface area contributed by atoms with E-state index in [1.54, 1.807) is 0 Å². The van der Waals surface area contributed by atoms with Crippen LogP contribution in [0.4, 0.5) is 13.2 Å². The molecule has 0 fully saturated rings. The zero-order valence-corrected chi connectivity index (χ0v) is 8.26. The first-order valence-electron chi connectivity index (χ1n) is 3.78. The molecular weight excluding hydrogens is 233 g/mol. The maximum atomic E-state index is 12.2. The van der Waals surface area contributed by atoms with E-state index in [0.717, 1.165) is 6.07 Å². The Balaban J connectivity index is 3.21. The lowest BCUT2D eigenvalue weighted by atomic mass is 10.2. The predicted octanol–water partition coefficient (Wildman–Crippen LogP) is 2.95. The number of hydrogen-bond donors (Lipinski definition) is 1. The van der Waals surface area contributed by atoms with Crippen molar-refractivity contribution in [2.45, 2.75) is 13.1 Å². The van der Waals surface area contributed by atoms with Crippen LogP contribution in [0.15, 0.2) is 17.4 Å². The minimum atomic E-state index is -4.49. The van der Waals surface area contributed by atoms with Crippen molar-refractivity contribution in [2.75, 3.05) is 0 Å². The van der Waals surface area contributed by atoms with Crippen LogP contribution in [-0.4, -0.2) is 15.9 Å². The van der Waals surface area contributed by atoms with Gasteiger partial charge in [0, 0.05) is 6.20 Å². The van der Waals surface area contributed by atoms with Gasteiger partial charge in [-0.1, -0.05) is 16.8 Å². The van der Waals surface area contributed by atoms with E-state index in [0.29, 0.717) is 6.20 Å². The smallest absolute Gasteiger partial charge is 0.411 e. The van der Waals surface area contributed by atoms with Crippen LogP contribution in [0.1, 0.15) is 18.2 Å². The van der Waals surface area contributed by atoms with Crippen LogP contribution in [0.3, 0.4) is 0 Å².